The fraction of sp³-hybridized carbons (Fsp3) is 0.634. The van der Waals surface area contributed by atoms with Gasteiger partial charge in [-0.15, -0.1) is 6.58 Å². The molecule has 3 rings (SSSR count). The predicted octanol–water partition coefficient (Wildman–Crippen LogP) is 4.24. The number of ether oxygens (including phenoxy) is 12. The SMILES string of the molecule is C=CCOCCOCCOCCOCCOCCOCCOCCOCCOCCOCCOCCN(C)C(=O)OCC1c2ccccc2-c2ccccc21. The molecule has 1 aliphatic carbocycles. The largest absolute Gasteiger partial charge is 0.448 e. The van der Waals surface area contributed by atoms with Crippen molar-refractivity contribution >= 4 is 6.09 Å². The first-order chi connectivity index (χ1) is 27.2. The molecule has 0 N–H and O–H groups in total. The zero-order valence-electron chi connectivity index (χ0n) is 32.7. The van der Waals surface area contributed by atoms with Gasteiger partial charge in [0.05, 0.1) is 145 Å². The highest BCUT2D eigenvalue weighted by Crippen LogP contribution is 2.44. The highest BCUT2D eigenvalue weighted by atomic mass is 16.6. The number of hydrogen-bond acceptors (Lipinski definition) is 13. The molecule has 0 unspecified atom stereocenters. The van der Waals surface area contributed by atoms with Crippen LogP contribution >= 0.6 is 0 Å². The highest BCUT2D eigenvalue weighted by Gasteiger charge is 2.29. The van der Waals surface area contributed by atoms with Crippen molar-refractivity contribution in [3.05, 3.63) is 72.3 Å². The van der Waals surface area contributed by atoms with E-state index >= 15 is 0 Å². The Morgan fingerprint density at radius 3 is 1.16 bits per heavy atom. The van der Waals surface area contributed by atoms with E-state index in [0.717, 1.165) is 0 Å². The number of carbonyl (C=O) groups is 1. The summed E-state index contributed by atoms with van der Waals surface area (Å²) in [7, 11) is 1.71. The van der Waals surface area contributed by atoms with Gasteiger partial charge in [0.2, 0.25) is 0 Å². The number of benzene rings is 2. The Balaban J connectivity index is 0.968. The lowest BCUT2D eigenvalue weighted by Gasteiger charge is -2.19. The number of nitrogens with zero attached hydrogens (tertiary/aromatic N) is 1. The van der Waals surface area contributed by atoms with Crippen molar-refractivity contribution in [3.63, 3.8) is 0 Å². The first-order valence-corrected chi connectivity index (χ1v) is 19.2. The molecule has 0 bridgehead atoms. The molecule has 2 aromatic rings. The average Bonchev–Trinajstić information content (AvgIpc) is 3.53. The molecule has 0 heterocycles. The van der Waals surface area contributed by atoms with Crippen LogP contribution in [0.2, 0.25) is 0 Å². The molecule has 0 radical (unpaired) electrons. The maximum atomic E-state index is 12.6. The third-order valence-corrected chi connectivity index (χ3v) is 8.17. The molecule has 55 heavy (non-hydrogen) atoms. The van der Waals surface area contributed by atoms with E-state index in [1.165, 1.54) is 27.2 Å². The number of amides is 1. The molecule has 0 atom stereocenters. The van der Waals surface area contributed by atoms with E-state index < -0.39 is 0 Å². The summed E-state index contributed by atoms with van der Waals surface area (Å²) in [6.45, 7) is 15.2. The quantitative estimate of drug-likeness (QED) is 0.0717. The number of carbonyl (C=O) groups excluding carboxylic acids is 1. The first-order valence-electron chi connectivity index (χ1n) is 19.2. The second-order valence-electron chi connectivity index (χ2n) is 12.2. The Morgan fingerprint density at radius 1 is 0.509 bits per heavy atom. The summed E-state index contributed by atoms with van der Waals surface area (Å²) in [6.07, 6.45) is 1.34. The van der Waals surface area contributed by atoms with Crippen LogP contribution in [-0.2, 0) is 56.8 Å². The maximum Gasteiger partial charge on any atom is 0.409 e. The van der Waals surface area contributed by atoms with Crippen LogP contribution in [-0.4, -0.2) is 177 Å². The van der Waals surface area contributed by atoms with Gasteiger partial charge in [0.25, 0.3) is 0 Å². The highest BCUT2D eigenvalue weighted by molar-refractivity contribution is 5.79. The molecule has 14 heteroatoms. The van der Waals surface area contributed by atoms with Gasteiger partial charge in [0, 0.05) is 19.5 Å². The van der Waals surface area contributed by atoms with Crippen LogP contribution in [0.1, 0.15) is 17.0 Å². The lowest BCUT2D eigenvalue weighted by molar-refractivity contribution is -0.0274. The van der Waals surface area contributed by atoms with Gasteiger partial charge >= 0.3 is 6.09 Å². The summed E-state index contributed by atoms with van der Waals surface area (Å²) in [4.78, 5) is 14.1. The van der Waals surface area contributed by atoms with Gasteiger partial charge in [-0.25, -0.2) is 4.79 Å². The fourth-order valence-corrected chi connectivity index (χ4v) is 5.36. The van der Waals surface area contributed by atoms with E-state index in [4.69, 9.17) is 56.8 Å². The topological polar surface area (TPSA) is 131 Å². The van der Waals surface area contributed by atoms with Crippen molar-refractivity contribution in [1.29, 1.82) is 0 Å². The molecule has 0 saturated carbocycles. The van der Waals surface area contributed by atoms with Crippen molar-refractivity contribution in [3.8, 4) is 11.1 Å². The summed E-state index contributed by atoms with van der Waals surface area (Å²) in [5.41, 5.74) is 4.80. The van der Waals surface area contributed by atoms with Crippen molar-refractivity contribution in [2.24, 2.45) is 0 Å². The van der Waals surface area contributed by atoms with Crippen LogP contribution in [0.15, 0.2) is 61.2 Å². The zero-order valence-corrected chi connectivity index (χ0v) is 32.7. The van der Waals surface area contributed by atoms with Gasteiger partial charge in [-0.3, -0.25) is 0 Å². The van der Waals surface area contributed by atoms with E-state index in [0.29, 0.717) is 159 Å². The third kappa shape index (κ3) is 21.2. The van der Waals surface area contributed by atoms with Crippen LogP contribution in [0.3, 0.4) is 0 Å². The van der Waals surface area contributed by atoms with Gasteiger partial charge in [-0.05, 0) is 22.3 Å². The summed E-state index contributed by atoms with van der Waals surface area (Å²) in [5.74, 6) is 0.0380. The first kappa shape index (κ1) is 46.4. The summed E-state index contributed by atoms with van der Waals surface area (Å²) in [6, 6.07) is 16.6. The number of hydrogen-bond donors (Lipinski definition) is 0. The van der Waals surface area contributed by atoms with Gasteiger partial charge in [-0.2, -0.15) is 0 Å². The molecule has 1 aliphatic rings. The second kappa shape index (κ2) is 32.1. The van der Waals surface area contributed by atoms with E-state index in [9.17, 15) is 4.79 Å². The molecular formula is C41H63NO13. The number of rotatable bonds is 37. The Labute approximate surface area is 327 Å². The normalized spacial score (nSPS) is 12.2. The van der Waals surface area contributed by atoms with Crippen molar-refractivity contribution in [2.75, 3.05) is 166 Å². The molecule has 0 aromatic heterocycles. The van der Waals surface area contributed by atoms with Gasteiger partial charge in [0.15, 0.2) is 0 Å². The van der Waals surface area contributed by atoms with Gasteiger partial charge in [-0.1, -0.05) is 54.6 Å². The molecule has 0 spiro atoms. The van der Waals surface area contributed by atoms with Crippen LogP contribution in [0.4, 0.5) is 4.79 Å². The number of likely N-dealkylation sites (N-methyl/N-ethyl adjacent to an activating group) is 1. The molecule has 1 amide bonds. The minimum atomic E-state index is -0.365. The maximum absolute atomic E-state index is 12.6. The van der Waals surface area contributed by atoms with Crippen LogP contribution in [0.5, 0.6) is 0 Å². The lowest BCUT2D eigenvalue weighted by Crippen LogP contribution is -2.32. The Kier molecular flexibility index (Phi) is 27.1. The Morgan fingerprint density at radius 2 is 0.818 bits per heavy atom. The molecule has 0 saturated heterocycles. The van der Waals surface area contributed by atoms with Gasteiger partial charge < -0.3 is 61.7 Å². The van der Waals surface area contributed by atoms with E-state index in [2.05, 4.69) is 30.8 Å². The van der Waals surface area contributed by atoms with Crippen LogP contribution in [0.25, 0.3) is 11.1 Å². The third-order valence-electron chi connectivity index (χ3n) is 8.17. The van der Waals surface area contributed by atoms with E-state index in [1.54, 1.807) is 13.1 Å². The second-order valence-corrected chi connectivity index (χ2v) is 12.2. The lowest BCUT2D eigenvalue weighted by atomic mass is 9.98. The smallest absolute Gasteiger partial charge is 0.409 e. The van der Waals surface area contributed by atoms with Crippen LogP contribution < -0.4 is 0 Å². The van der Waals surface area contributed by atoms with E-state index in [1.807, 2.05) is 24.3 Å². The fourth-order valence-electron chi connectivity index (χ4n) is 5.36. The molecule has 14 nitrogen and oxygen atoms in total. The molecule has 310 valence electrons. The van der Waals surface area contributed by atoms with E-state index in [-0.39, 0.29) is 12.0 Å². The van der Waals surface area contributed by atoms with Crippen molar-refractivity contribution in [1.82, 2.24) is 4.90 Å². The minimum Gasteiger partial charge on any atom is -0.448 e. The molecular weight excluding hydrogens is 714 g/mol. The Hall–Kier alpha value is -2.99. The van der Waals surface area contributed by atoms with Crippen LogP contribution in [0, 0.1) is 0 Å². The predicted molar refractivity (Wildman–Crippen MR) is 207 cm³/mol. The summed E-state index contributed by atoms with van der Waals surface area (Å²) in [5, 5.41) is 0. The minimum absolute atomic E-state index is 0.0380. The monoisotopic (exact) mass is 777 g/mol. The average molecular weight is 778 g/mol. The molecule has 0 aliphatic heterocycles. The summed E-state index contributed by atoms with van der Waals surface area (Å²) >= 11 is 0. The Bertz CT molecular complexity index is 1210. The zero-order chi connectivity index (χ0) is 38.9. The molecule has 2 aromatic carbocycles. The van der Waals surface area contributed by atoms with Crippen molar-refractivity contribution in [2.45, 2.75) is 5.92 Å². The van der Waals surface area contributed by atoms with Gasteiger partial charge in [0.1, 0.15) is 6.61 Å². The van der Waals surface area contributed by atoms with Crippen molar-refractivity contribution < 1.29 is 61.6 Å². The summed E-state index contributed by atoms with van der Waals surface area (Å²) < 4.78 is 65.9. The number of fused-ring (bicyclic) bond motifs is 3. The standard InChI is InChI=1S/C41H63NO13/c1-3-13-44-15-17-46-19-21-48-23-25-50-27-29-52-31-33-54-34-32-53-30-28-51-26-24-49-22-20-47-18-16-45-14-12-42(2)41(43)55-35-40-38-10-6-4-8-36(38)37-9-5-7-11-39(37)40/h3-11,40H,1,12-35H2,2H3. The molecule has 0 fully saturated rings.